The molecule has 3 rings (SSSR count). The summed E-state index contributed by atoms with van der Waals surface area (Å²) in [7, 11) is 0. The van der Waals surface area contributed by atoms with E-state index >= 15 is 0 Å². The van der Waals surface area contributed by atoms with E-state index in [1.165, 1.54) is 0 Å². The van der Waals surface area contributed by atoms with Crippen LogP contribution in [-0.4, -0.2) is 17.6 Å². The number of hydrogen-bond donors (Lipinski definition) is 2. The van der Waals surface area contributed by atoms with Crippen molar-refractivity contribution < 1.29 is 14.4 Å². The predicted molar refractivity (Wildman–Crippen MR) is 124 cm³/mol. The number of carbonyl (C=O) groups excluding carboxylic acids is 3. The molecular weight excluding hydrogens is 388 g/mol. The number of nitrogens with one attached hydrogen (secondary N) is 2. The van der Waals surface area contributed by atoms with Crippen molar-refractivity contribution in [1.29, 1.82) is 0 Å². The molecule has 2 amide bonds. The van der Waals surface area contributed by atoms with Crippen LogP contribution in [0.15, 0.2) is 72.8 Å². The highest BCUT2D eigenvalue weighted by Crippen LogP contribution is 2.25. The normalized spacial score (nSPS) is 11.0. The Morgan fingerprint density at radius 3 is 2.00 bits per heavy atom. The lowest BCUT2D eigenvalue weighted by Crippen LogP contribution is -2.29. The molecule has 3 aromatic carbocycles. The van der Waals surface area contributed by atoms with Gasteiger partial charge in [0.05, 0.1) is 16.9 Å². The van der Waals surface area contributed by atoms with Crippen LogP contribution in [0.3, 0.4) is 0 Å². The fourth-order valence-electron chi connectivity index (χ4n) is 2.99. The Hall–Kier alpha value is -3.73. The van der Waals surface area contributed by atoms with Gasteiger partial charge in [-0.25, -0.2) is 0 Å². The molecule has 5 heteroatoms. The zero-order chi connectivity index (χ0) is 22.6. The van der Waals surface area contributed by atoms with Crippen LogP contribution in [-0.2, 0) is 4.79 Å². The minimum absolute atomic E-state index is 0.172. The molecule has 0 atom stereocenters. The molecule has 158 valence electrons. The molecule has 31 heavy (non-hydrogen) atoms. The zero-order valence-corrected chi connectivity index (χ0v) is 18.2. The van der Waals surface area contributed by atoms with Gasteiger partial charge in [-0.15, -0.1) is 0 Å². The first-order chi connectivity index (χ1) is 14.7. The van der Waals surface area contributed by atoms with E-state index in [4.69, 9.17) is 0 Å². The maximum absolute atomic E-state index is 13.1. The molecular formula is C26H26N2O3. The van der Waals surface area contributed by atoms with Gasteiger partial charge in [0.2, 0.25) is 5.91 Å². The summed E-state index contributed by atoms with van der Waals surface area (Å²) in [5.41, 5.74) is 2.42. The molecule has 0 radical (unpaired) electrons. The first-order valence-corrected chi connectivity index (χ1v) is 10.1. The number of rotatable bonds is 5. The minimum Gasteiger partial charge on any atom is -0.325 e. The number of aryl methyl sites for hydroxylation is 1. The average molecular weight is 415 g/mol. The number of amides is 2. The molecule has 5 nitrogen and oxygen atoms in total. The minimum atomic E-state index is -0.601. The average Bonchev–Trinajstić information content (AvgIpc) is 2.74. The maximum atomic E-state index is 13.1. The Labute approximate surface area is 182 Å². The first kappa shape index (κ1) is 22.0. The lowest BCUT2D eigenvalue weighted by atomic mass is 9.95. The summed E-state index contributed by atoms with van der Waals surface area (Å²) < 4.78 is 0. The summed E-state index contributed by atoms with van der Waals surface area (Å²) in [6, 6.07) is 21.1. The standard InChI is InChI=1S/C26H26N2O3/c1-17-14-15-22(20(16-17)23(29)18-10-6-5-7-11-18)27-24(30)19-12-8-9-13-21(19)28-25(31)26(2,3)4/h5-16H,1-4H3,(H,27,30)(H,28,31). The van der Waals surface area contributed by atoms with E-state index < -0.39 is 11.3 Å². The molecule has 0 saturated heterocycles. The molecule has 0 aliphatic carbocycles. The molecule has 0 aliphatic heterocycles. The van der Waals surface area contributed by atoms with E-state index in [0.717, 1.165) is 5.56 Å². The van der Waals surface area contributed by atoms with Crippen LogP contribution in [0, 0.1) is 12.3 Å². The van der Waals surface area contributed by atoms with Gasteiger partial charge in [0.15, 0.2) is 5.78 Å². The van der Waals surface area contributed by atoms with Crippen molar-refractivity contribution in [3.8, 4) is 0 Å². The van der Waals surface area contributed by atoms with Crippen LogP contribution in [0.5, 0.6) is 0 Å². The molecule has 0 unspecified atom stereocenters. The van der Waals surface area contributed by atoms with Crippen LogP contribution in [0.25, 0.3) is 0 Å². The quantitative estimate of drug-likeness (QED) is 0.544. The second-order valence-corrected chi connectivity index (χ2v) is 8.45. The summed E-state index contributed by atoms with van der Waals surface area (Å²) in [5.74, 6) is -0.771. The van der Waals surface area contributed by atoms with Crippen molar-refractivity contribution in [2.75, 3.05) is 10.6 Å². The molecule has 2 N–H and O–H groups in total. The van der Waals surface area contributed by atoms with E-state index in [9.17, 15) is 14.4 Å². The smallest absolute Gasteiger partial charge is 0.257 e. The lowest BCUT2D eigenvalue weighted by Gasteiger charge is -2.19. The Balaban J connectivity index is 1.92. The van der Waals surface area contributed by atoms with Gasteiger partial charge in [-0.2, -0.15) is 0 Å². The van der Waals surface area contributed by atoms with Crippen LogP contribution >= 0.6 is 0 Å². The van der Waals surface area contributed by atoms with Gasteiger partial charge in [0, 0.05) is 16.5 Å². The zero-order valence-electron chi connectivity index (χ0n) is 18.2. The van der Waals surface area contributed by atoms with Gasteiger partial charge in [-0.05, 0) is 31.2 Å². The van der Waals surface area contributed by atoms with Crippen molar-refractivity contribution in [2.45, 2.75) is 27.7 Å². The van der Waals surface area contributed by atoms with Crippen molar-refractivity contribution in [3.05, 3.63) is 95.1 Å². The van der Waals surface area contributed by atoms with Gasteiger partial charge < -0.3 is 10.6 Å². The maximum Gasteiger partial charge on any atom is 0.257 e. The highest BCUT2D eigenvalue weighted by molar-refractivity contribution is 6.16. The van der Waals surface area contributed by atoms with Crippen molar-refractivity contribution in [3.63, 3.8) is 0 Å². The molecule has 0 aliphatic rings. The van der Waals surface area contributed by atoms with E-state index in [2.05, 4.69) is 10.6 Å². The molecule has 0 heterocycles. The summed E-state index contributed by atoms with van der Waals surface area (Å²) >= 11 is 0. The fraction of sp³-hybridized carbons (Fsp3) is 0.192. The van der Waals surface area contributed by atoms with Gasteiger partial charge in [-0.3, -0.25) is 14.4 Å². The first-order valence-electron chi connectivity index (χ1n) is 10.1. The fourth-order valence-corrected chi connectivity index (χ4v) is 2.99. The van der Waals surface area contributed by atoms with Crippen LogP contribution in [0.2, 0.25) is 0 Å². The van der Waals surface area contributed by atoms with E-state index in [-0.39, 0.29) is 11.7 Å². The lowest BCUT2D eigenvalue weighted by molar-refractivity contribution is -0.123. The molecule has 3 aromatic rings. The second-order valence-electron chi connectivity index (χ2n) is 8.45. The van der Waals surface area contributed by atoms with Crippen molar-refractivity contribution in [2.24, 2.45) is 5.41 Å². The predicted octanol–water partition coefficient (Wildman–Crippen LogP) is 5.46. The van der Waals surface area contributed by atoms with Crippen LogP contribution < -0.4 is 10.6 Å². The molecule has 0 saturated carbocycles. The topological polar surface area (TPSA) is 75.3 Å². The number of hydrogen-bond acceptors (Lipinski definition) is 3. The Bertz CT molecular complexity index is 1130. The SMILES string of the molecule is Cc1ccc(NC(=O)c2ccccc2NC(=O)C(C)(C)C)c(C(=O)c2ccccc2)c1. The third kappa shape index (κ3) is 5.25. The van der Waals surface area contributed by atoms with E-state index in [1.807, 2.05) is 19.1 Å². The second kappa shape index (κ2) is 8.96. The summed E-state index contributed by atoms with van der Waals surface area (Å²) in [5, 5.41) is 5.67. The highest BCUT2D eigenvalue weighted by Gasteiger charge is 2.23. The number of ketones is 1. The molecule has 0 fully saturated rings. The van der Waals surface area contributed by atoms with Gasteiger partial charge >= 0.3 is 0 Å². The molecule has 0 bridgehead atoms. The van der Waals surface area contributed by atoms with E-state index in [1.54, 1.807) is 81.4 Å². The monoisotopic (exact) mass is 414 g/mol. The van der Waals surface area contributed by atoms with Crippen LogP contribution in [0.4, 0.5) is 11.4 Å². The van der Waals surface area contributed by atoms with Gasteiger partial charge in [-0.1, -0.05) is 74.9 Å². The van der Waals surface area contributed by atoms with E-state index in [0.29, 0.717) is 28.1 Å². The highest BCUT2D eigenvalue weighted by atomic mass is 16.2. The molecule has 0 spiro atoms. The Morgan fingerprint density at radius 2 is 1.32 bits per heavy atom. The number of benzene rings is 3. The van der Waals surface area contributed by atoms with Gasteiger partial charge in [0.25, 0.3) is 5.91 Å². The van der Waals surface area contributed by atoms with Crippen molar-refractivity contribution in [1.82, 2.24) is 0 Å². The Morgan fingerprint density at radius 1 is 0.710 bits per heavy atom. The summed E-state index contributed by atoms with van der Waals surface area (Å²) in [6.07, 6.45) is 0. The van der Waals surface area contributed by atoms with Gasteiger partial charge in [0.1, 0.15) is 0 Å². The Kier molecular flexibility index (Phi) is 6.35. The summed E-state index contributed by atoms with van der Waals surface area (Å²) in [4.78, 5) is 38.6. The van der Waals surface area contributed by atoms with Crippen LogP contribution in [0.1, 0.15) is 52.6 Å². The third-order valence-corrected chi connectivity index (χ3v) is 4.80. The number of para-hydroxylation sites is 1. The summed E-state index contributed by atoms with van der Waals surface area (Å²) in [6.45, 7) is 7.31. The number of carbonyl (C=O) groups is 3. The molecule has 0 aromatic heterocycles. The largest absolute Gasteiger partial charge is 0.325 e. The number of anilines is 2. The third-order valence-electron chi connectivity index (χ3n) is 4.80. The van der Waals surface area contributed by atoms with Crippen molar-refractivity contribution >= 4 is 29.0 Å².